The summed E-state index contributed by atoms with van der Waals surface area (Å²) in [5, 5.41) is 2.59. The number of aromatic nitrogens is 2. The predicted octanol–water partition coefficient (Wildman–Crippen LogP) is 1.47. The maximum atomic E-state index is 14.3. The van der Waals surface area contributed by atoms with Gasteiger partial charge in [0.25, 0.3) is 0 Å². The summed E-state index contributed by atoms with van der Waals surface area (Å²) in [5.74, 6) is -0.672. The molecule has 2 amide bonds. The third-order valence-corrected chi connectivity index (χ3v) is 3.48. The molecule has 7 nitrogen and oxygen atoms in total. The number of hydrogen-bond acceptors (Lipinski definition) is 4. The fraction of sp³-hybridized carbons (Fsp3) is 0.267. The first-order valence-corrected chi connectivity index (χ1v) is 7.05. The molecule has 0 radical (unpaired) electrons. The minimum absolute atomic E-state index is 0.199. The van der Waals surface area contributed by atoms with Crippen LogP contribution in [0, 0.1) is 5.82 Å². The smallest absolute Gasteiger partial charge is 0.414 e. The molecular weight excluding hydrogens is 303 g/mol. The molecule has 1 saturated heterocycles. The minimum Gasteiger partial charge on any atom is -0.442 e. The van der Waals surface area contributed by atoms with Crippen LogP contribution in [-0.2, 0) is 9.53 Å². The molecule has 1 N–H and O–H groups in total. The van der Waals surface area contributed by atoms with E-state index < -0.39 is 18.0 Å². The van der Waals surface area contributed by atoms with Crippen LogP contribution in [0.4, 0.5) is 14.9 Å². The molecule has 23 heavy (non-hydrogen) atoms. The van der Waals surface area contributed by atoms with E-state index in [1.54, 1.807) is 29.1 Å². The molecule has 0 saturated carbocycles. The van der Waals surface area contributed by atoms with Crippen LogP contribution in [0.15, 0.2) is 36.9 Å². The zero-order valence-corrected chi connectivity index (χ0v) is 12.4. The molecule has 120 valence electrons. The van der Waals surface area contributed by atoms with Crippen molar-refractivity contribution in [1.82, 2.24) is 14.9 Å². The van der Waals surface area contributed by atoms with Crippen molar-refractivity contribution >= 4 is 17.7 Å². The second kappa shape index (κ2) is 6.07. The normalized spacial score (nSPS) is 17.2. The van der Waals surface area contributed by atoms with Crippen LogP contribution < -0.4 is 10.2 Å². The number of hydrogen-bond donors (Lipinski definition) is 1. The summed E-state index contributed by atoms with van der Waals surface area (Å²) in [5.41, 5.74) is 0.746. The maximum absolute atomic E-state index is 14.3. The zero-order chi connectivity index (χ0) is 16.4. The fourth-order valence-corrected chi connectivity index (χ4v) is 2.37. The maximum Gasteiger partial charge on any atom is 0.414 e. The summed E-state index contributed by atoms with van der Waals surface area (Å²) in [4.78, 5) is 28.0. The van der Waals surface area contributed by atoms with Gasteiger partial charge in [0, 0.05) is 19.3 Å². The molecule has 1 aromatic heterocycles. The molecule has 2 aromatic rings. The molecule has 1 atom stereocenters. The van der Waals surface area contributed by atoms with Crippen LogP contribution in [0.1, 0.15) is 6.92 Å². The van der Waals surface area contributed by atoms with Crippen LogP contribution in [0.2, 0.25) is 0 Å². The van der Waals surface area contributed by atoms with E-state index in [2.05, 4.69) is 10.3 Å². The van der Waals surface area contributed by atoms with Gasteiger partial charge in [0.2, 0.25) is 5.91 Å². The Hall–Kier alpha value is -2.90. The SMILES string of the molecule is CC(=O)NC[C@H]1CN(c2ccc(-n3ccnc3)c(F)c2)C(=O)O1. The molecule has 0 unspecified atom stereocenters. The lowest BCUT2D eigenvalue weighted by Crippen LogP contribution is -2.33. The Morgan fingerprint density at radius 2 is 2.35 bits per heavy atom. The lowest BCUT2D eigenvalue weighted by molar-refractivity contribution is -0.119. The molecule has 1 aliphatic rings. The van der Waals surface area contributed by atoms with Crippen LogP contribution >= 0.6 is 0 Å². The number of anilines is 1. The quantitative estimate of drug-likeness (QED) is 0.926. The Labute approximate surface area is 131 Å². The van der Waals surface area contributed by atoms with Crippen molar-refractivity contribution in [3.8, 4) is 5.69 Å². The summed E-state index contributed by atoms with van der Waals surface area (Å²) < 4.78 is 21.0. The molecule has 0 spiro atoms. The second-order valence-corrected chi connectivity index (χ2v) is 5.16. The van der Waals surface area contributed by atoms with Crippen molar-refractivity contribution in [2.75, 3.05) is 18.0 Å². The number of nitrogens with one attached hydrogen (secondary N) is 1. The summed E-state index contributed by atoms with van der Waals surface area (Å²) in [7, 11) is 0. The number of amides is 2. The summed E-state index contributed by atoms with van der Waals surface area (Å²) in [6.45, 7) is 1.87. The average molecular weight is 318 g/mol. The van der Waals surface area contributed by atoms with Crippen molar-refractivity contribution < 1.29 is 18.7 Å². The van der Waals surface area contributed by atoms with Crippen molar-refractivity contribution in [3.63, 3.8) is 0 Å². The number of benzene rings is 1. The lowest BCUT2D eigenvalue weighted by atomic mass is 10.2. The summed E-state index contributed by atoms with van der Waals surface area (Å²) in [6.07, 6.45) is 3.66. The van der Waals surface area contributed by atoms with Crippen LogP contribution in [0.5, 0.6) is 0 Å². The van der Waals surface area contributed by atoms with Crippen molar-refractivity contribution in [3.05, 3.63) is 42.7 Å². The van der Waals surface area contributed by atoms with Gasteiger partial charge in [-0.2, -0.15) is 0 Å². The van der Waals surface area contributed by atoms with Crippen LogP contribution in [0.25, 0.3) is 5.69 Å². The third kappa shape index (κ3) is 3.15. The summed E-state index contributed by atoms with van der Waals surface area (Å²) in [6, 6.07) is 4.48. The number of nitrogens with zero attached hydrogens (tertiary/aromatic N) is 3. The molecule has 1 aromatic carbocycles. The first kappa shape index (κ1) is 15.0. The van der Waals surface area contributed by atoms with E-state index in [9.17, 15) is 14.0 Å². The number of ether oxygens (including phenoxy) is 1. The van der Waals surface area contributed by atoms with E-state index in [4.69, 9.17) is 4.74 Å². The lowest BCUT2D eigenvalue weighted by Gasteiger charge is -2.14. The Kier molecular flexibility index (Phi) is 3.96. The summed E-state index contributed by atoms with van der Waals surface area (Å²) >= 11 is 0. The van der Waals surface area contributed by atoms with Crippen molar-refractivity contribution in [2.24, 2.45) is 0 Å². The van der Waals surface area contributed by atoms with Crippen molar-refractivity contribution in [1.29, 1.82) is 0 Å². The Balaban J connectivity index is 1.76. The highest BCUT2D eigenvalue weighted by Gasteiger charge is 2.32. The fourth-order valence-electron chi connectivity index (χ4n) is 2.37. The number of rotatable bonds is 4. The second-order valence-electron chi connectivity index (χ2n) is 5.16. The molecule has 0 aliphatic carbocycles. The van der Waals surface area contributed by atoms with Crippen molar-refractivity contribution in [2.45, 2.75) is 13.0 Å². The number of carbonyl (C=O) groups excluding carboxylic acids is 2. The topological polar surface area (TPSA) is 76.5 Å². The van der Waals surface area contributed by atoms with Gasteiger partial charge in [-0.25, -0.2) is 14.2 Å². The molecule has 1 aliphatic heterocycles. The molecule has 3 rings (SSSR count). The number of halogens is 1. The zero-order valence-electron chi connectivity index (χ0n) is 12.4. The highest BCUT2D eigenvalue weighted by molar-refractivity contribution is 5.90. The van der Waals surface area contributed by atoms with E-state index >= 15 is 0 Å². The van der Waals surface area contributed by atoms with E-state index in [1.807, 2.05) is 0 Å². The van der Waals surface area contributed by atoms with Crippen LogP contribution in [-0.4, -0.2) is 40.7 Å². The van der Waals surface area contributed by atoms with Gasteiger partial charge in [-0.3, -0.25) is 9.69 Å². The molecule has 1 fully saturated rings. The first-order chi connectivity index (χ1) is 11.0. The molecule has 8 heteroatoms. The number of imidazole rings is 1. The number of carbonyl (C=O) groups is 2. The van der Waals surface area contributed by atoms with Gasteiger partial charge in [-0.05, 0) is 18.2 Å². The molecule has 0 bridgehead atoms. The Morgan fingerprint density at radius 1 is 1.52 bits per heavy atom. The monoisotopic (exact) mass is 318 g/mol. The highest BCUT2D eigenvalue weighted by atomic mass is 19.1. The minimum atomic E-state index is -0.560. The number of cyclic esters (lactones) is 1. The van der Waals surface area contributed by atoms with Crippen LogP contribution in [0.3, 0.4) is 0 Å². The third-order valence-electron chi connectivity index (χ3n) is 3.48. The van der Waals surface area contributed by atoms with Gasteiger partial charge < -0.3 is 14.6 Å². The van der Waals surface area contributed by atoms with Gasteiger partial charge >= 0.3 is 6.09 Å². The van der Waals surface area contributed by atoms with E-state index in [1.165, 1.54) is 24.2 Å². The van der Waals surface area contributed by atoms with Gasteiger partial charge in [0.05, 0.1) is 30.8 Å². The van der Waals surface area contributed by atoms with Gasteiger partial charge in [0.15, 0.2) is 0 Å². The first-order valence-electron chi connectivity index (χ1n) is 7.05. The van der Waals surface area contributed by atoms with Gasteiger partial charge in [0.1, 0.15) is 11.9 Å². The van der Waals surface area contributed by atoms with Gasteiger partial charge in [-0.15, -0.1) is 0 Å². The largest absolute Gasteiger partial charge is 0.442 e. The standard InChI is InChI=1S/C15H15FN4O3/c1-10(21)18-7-12-8-20(15(22)23-12)11-2-3-14(13(16)6-11)19-5-4-17-9-19/h2-6,9,12H,7-8H2,1H3,(H,18,21)/t12-/m0/s1. The van der Waals surface area contributed by atoms with E-state index in [-0.39, 0.29) is 19.0 Å². The highest BCUT2D eigenvalue weighted by Crippen LogP contribution is 2.25. The Bertz CT molecular complexity index is 732. The van der Waals surface area contributed by atoms with Gasteiger partial charge in [-0.1, -0.05) is 0 Å². The van der Waals surface area contributed by atoms with E-state index in [0.29, 0.717) is 11.4 Å². The van der Waals surface area contributed by atoms with E-state index in [0.717, 1.165) is 0 Å². The average Bonchev–Trinajstić information content (AvgIpc) is 3.14. The molecular formula is C15H15FN4O3. The molecule has 2 heterocycles. The Morgan fingerprint density at radius 3 is 3.00 bits per heavy atom. The predicted molar refractivity (Wildman–Crippen MR) is 79.8 cm³/mol.